The van der Waals surface area contributed by atoms with Crippen molar-refractivity contribution in [2.75, 3.05) is 13.1 Å². The Morgan fingerprint density at radius 3 is 2.54 bits per heavy atom. The monoisotopic (exact) mass is 427 g/mol. The Morgan fingerprint density at radius 2 is 1.86 bits per heavy atom. The number of nitrogens with zero attached hydrogens (tertiary/aromatic N) is 1. The van der Waals surface area contributed by atoms with E-state index in [4.69, 9.17) is 4.74 Å². The Hall–Kier alpha value is -1.89. The molecule has 1 amide bonds. The zero-order valence-corrected chi connectivity index (χ0v) is 16.8. The summed E-state index contributed by atoms with van der Waals surface area (Å²) in [6.45, 7) is 1.54. The molecule has 1 saturated carbocycles. The van der Waals surface area contributed by atoms with E-state index in [1.54, 1.807) is 6.07 Å². The number of aromatic nitrogens is 1. The molecular formula is C20H24Cl2FN3O2. The molecule has 1 aliphatic carbocycles. The number of pyridine rings is 1. The van der Waals surface area contributed by atoms with Crippen LogP contribution in [0, 0.1) is 11.9 Å². The smallest absolute Gasteiger partial charge is 0.225 e. The molecule has 2 fully saturated rings. The van der Waals surface area contributed by atoms with Crippen molar-refractivity contribution in [3.05, 3.63) is 60.2 Å². The molecule has 152 valence electrons. The van der Waals surface area contributed by atoms with Crippen LogP contribution >= 0.6 is 24.8 Å². The molecule has 1 saturated heterocycles. The Labute approximate surface area is 176 Å². The van der Waals surface area contributed by atoms with Crippen molar-refractivity contribution in [3.8, 4) is 5.75 Å². The molecule has 8 heteroatoms. The van der Waals surface area contributed by atoms with Crippen molar-refractivity contribution < 1.29 is 13.9 Å². The Bertz CT molecular complexity index is 758. The summed E-state index contributed by atoms with van der Waals surface area (Å²) >= 11 is 0. The minimum atomic E-state index is -0.519. The molecule has 2 aliphatic rings. The van der Waals surface area contributed by atoms with Gasteiger partial charge in [0.2, 0.25) is 11.9 Å². The number of benzene rings is 1. The number of amides is 1. The Balaban J connectivity index is 0.00000140. The van der Waals surface area contributed by atoms with Gasteiger partial charge in [0.1, 0.15) is 11.9 Å². The topological polar surface area (TPSA) is 63.2 Å². The van der Waals surface area contributed by atoms with E-state index in [-0.39, 0.29) is 54.7 Å². The summed E-state index contributed by atoms with van der Waals surface area (Å²) in [5.74, 6) is 0.322. The molecule has 2 N–H and O–H groups in total. The van der Waals surface area contributed by atoms with E-state index < -0.39 is 5.95 Å². The molecule has 0 spiro atoms. The van der Waals surface area contributed by atoms with E-state index >= 15 is 0 Å². The second-order valence-electron chi connectivity index (χ2n) is 7.02. The van der Waals surface area contributed by atoms with Gasteiger partial charge < -0.3 is 15.4 Å². The van der Waals surface area contributed by atoms with Crippen molar-refractivity contribution in [2.24, 2.45) is 5.92 Å². The predicted molar refractivity (Wildman–Crippen MR) is 110 cm³/mol. The van der Waals surface area contributed by atoms with Crippen LogP contribution in [-0.2, 0) is 4.79 Å². The highest BCUT2D eigenvalue weighted by Crippen LogP contribution is 2.30. The number of hydrogen-bond acceptors (Lipinski definition) is 4. The first kappa shape index (κ1) is 22.4. The summed E-state index contributed by atoms with van der Waals surface area (Å²) in [7, 11) is 0. The average Bonchev–Trinajstić information content (AvgIpc) is 3.12. The van der Waals surface area contributed by atoms with Crippen LogP contribution in [0.2, 0.25) is 0 Å². The van der Waals surface area contributed by atoms with E-state index in [0.717, 1.165) is 19.4 Å². The molecule has 4 rings (SSSR count). The number of hydrogen-bond donors (Lipinski definition) is 2. The standard InChI is InChI=1S/C20H22FN3O2.2ClH/c21-19-7-6-15(10-23-19)26-16-8-14(9-16)24-20(25)18-12-22-11-17(18)13-4-2-1-3-5-13;;/h1-7,10,14,16-18,22H,8-9,11-12H2,(H,24,25);2*1H/t14?,16?,17-,18+;;/m1../s1. The maximum atomic E-state index is 12.8. The van der Waals surface area contributed by atoms with E-state index in [0.29, 0.717) is 12.3 Å². The number of carbonyl (C=O) groups is 1. The van der Waals surface area contributed by atoms with Gasteiger partial charge >= 0.3 is 0 Å². The van der Waals surface area contributed by atoms with Crippen LogP contribution in [0.25, 0.3) is 0 Å². The average molecular weight is 428 g/mol. The van der Waals surface area contributed by atoms with Gasteiger partial charge in [-0.25, -0.2) is 4.98 Å². The lowest BCUT2D eigenvalue weighted by Gasteiger charge is -2.36. The van der Waals surface area contributed by atoms with Crippen molar-refractivity contribution in [2.45, 2.75) is 30.9 Å². The minimum Gasteiger partial charge on any atom is -0.489 e. The van der Waals surface area contributed by atoms with Crippen LogP contribution < -0.4 is 15.4 Å². The highest BCUT2D eigenvalue weighted by atomic mass is 35.5. The molecule has 2 heterocycles. The molecule has 0 radical (unpaired) electrons. The van der Waals surface area contributed by atoms with Gasteiger partial charge in [0.05, 0.1) is 12.1 Å². The summed E-state index contributed by atoms with van der Waals surface area (Å²) in [5.41, 5.74) is 1.20. The molecule has 0 bridgehead atoms. The first-order chi connectivity index (χ1) is 12.7. The zero-order valence-electron chi connectivity index (χ0n) is 15.2. The van der Waals surface area contributed by atoms with Crippen LogP contribution in [0.3, 0.4) is 0 Å². The molecule has 1 aromatic carbocycles. The van der Waals surface area contributed by atoms with Crippen LogP contribution in [0.5, 0.6) is 5.75 Å². The fraction of sp³-hybridized carbons (Fsp3) is 0.400. The van der Waals surface area contributed by atoms with Gasteiger partial charge in [-0.3, -0.25) is 4.79 Å². The molecule has 28 heavy (non-hydrogen) atoms. The van der Waals surface area contributed by atoms with Crippen molar-refractivity contribution >= 4 is 30.7 Å². The fourth-order valence-corrected chi connectivity index (χ4v) is 3.72. The lowest BCUT2D eigenvalue weighted by Crippen LogP contribution is -2.51. The maximum absolute atomic E-state index is 12.8. The highest BCUT2D eigenvalue weighted by Gasteiger charge is 2.38. The summed E-state index contributed by atoms with van der Waals surface area (Å²) in [6, 6.07) is 13.2. The van der Waals surface area contributed by atoms with Gasteiger partial charge in [-0.2, -0.15) is 4.39 Å². The second kappa shape index (κ2) is 10.0. The third-order valence-corrected chi connectivity index (χ3v) is 5.22. The molecular weight excluding hydrogens is 404 g/mol. The fourth-order valence-electron chi connectivity index (χ4n) is 3.72. The SMILES string of the molecule is Cl.Cl.O=C(NC1CC(Oc2ccc(F)nc2)C1)[C@H]1CNC[C@@H]1c1ccccc1. The van der Waals surface area contributed by atoms with Crippen molar-refractivity contribution in [1.29, 1.82) is 0 Å². The number of rotatable bonds is 5. The first-order valence-corrected chi connectivity index (χ1v) is 9.03. The van der Waals surface area contributed by atoms with Gasteiger partial charge in [0, 0.05) is 37.9 Å². The minimum absolute atomic E-state index is 0. The summed E-state index contributed by atoms with van der Waals surface area (Å²) in [4.78, 5) is 16.3. The number of ether oxygens (including phenoxy) is 1. The largest absolute Gasteiger partial charge is 0.489 e. The van der Waals surface area contributed by atoms with Gasteiger partial charge in [0.25, 0.3) is 0 Å². The molecule has 2 aromatic rings. The normalized spacial score (nSPS) is 25.6. The highest BCUT2D eigenvalue weighted by molar-refractivity contribution is 5.85. The predicted octanol–water partition coefficient (Wildman–Crippen LogP) is 3.09. The molecule has 1 aromatic heterocycles. The lowest BCUT2D eigenvalue weighted by atomic mass is 9.85. The van der Waals surface area contributed by atoms with Crippen LogP contribution in [0.1, 0.15) is 24.3 Å². The molecule has 0 unspecified atom stereocenters. The number of carbonyl (C=O) groups excluding carboxylic acids is 1. The second-order valence-corrected chi connectivity index (χ2v) is 7.02. The first-order valence-electron chi connectivity index (χ1n) is 9.03. The number of halogens is 3. The molecule has 1 aliphatic heterocycles. The van der Waals surface area contributed by atoms with Gasteiger partial charge in [0.15, 0.2) is 0 Å². The van der Waals surface area contributed by atoms with E-state index in [1.165, 1.54) is 17.8 Å². The summed E-state index contributed by atoms with van der Waals surface area (Å²) in [6.07, 6.45) is 2.95. The number of nitrogens with one attached hydrogen (secondary N) is 2. The van der Waals surface area contributed by atoms with E-state index in [2.05, 4.69) is 27.8 Å². The Kier molecular flexibility index (Phi) is 8.04. The lowest BCUT2D eigenvalue weighted by molar-refractivity contribution is -0.126. The molecule has 2 atom stereocenters. The molecule has 5 nitrogen and oxygen atoms in total. The Morgan fingerprint density at radius 1 is 1.11 bits per heavy atom. The summed E-state index contributed by atoms with van der Waals surface area (Å²) in [5, 5.41) is 6.48. The van der Waals surface area contributed by atoms with Crippen molar-refractivity contribution in [1.82, 2.24) is 15.6 Å². The zero-order chi connectivity index (χ0) is 17.9. The van der Waals surface area contributed by atoms with Crippen LogP contribution in [0.15, 0.2) is 48.7 Å². The third-order valence-electron chi connectivity index (χ3n) is 5.22. The van der Waals surface area contributed by atoms with Crippen LogP contribution in [-0.4, -0.2) is 36.1 Å². The van der Waals surface area contributed by atoms with Gasteiger partial charge in [-0.05, 0) is 17.7 Å². The van der Waals surface area contributed by atoms with Crippen molar-refractivity contribution in [3.63, 3.8) is 0 Å². The van der Waals surface area contributed by atoms with Gasteiger partial charge in [-0.15, -0.1) is 24.8 Å². The summed E-state index contributed by atoms with van der Waals surface area (Å²) < 4.78 is 18.5. The van der Waals surface area contributed by atoms with E-state index in [1.807, 2.05) is 18.2 Å². The quantitative estimate of drug-likeness (QED) is 0.719. The maximum Gasteiger partial charge on any atom is 0.225 e. The van der Waals surface area contributed by atoms with Crippen LogP contribution in [0.4, 0.5) is 4.39 Å². The van der Waals surface area contributed by atoms with Gasteiger partial charge in [-0.1, -0.05) is 30.3 Å². The third kappa shape index (κ3) is 5.13. The van der Waals surface area contributed by atoms with E-state index in [9.17, 15) is 9.18 Å².